The average molecular weight is 287 g/mol. The lowest BCUT2D eigenvalue weighted by Crippen LogP contribution is -2.29. The van der Waals surface area contributed by atoms with Gasteiger partial charge in [-0.1, -0.05) is 19.9 Å². The molecule has 0 saturated carbocycles. The summed E-state index contributed by atoms with van der Waals surface area (Å²) >= 11 is 0. The van der Waals surface area contributed by atoms with E-state index in [-0.39, 0.29) is 16.9 Å². The van der Waals surface area contributed by atoms with Gasteiger partial charge in [0.1, 0.15) is 5.56 Å². The Morgan fingerprint density at radius 2 is 2.00 bits per heavy atom. The fraction of sp³-hybridized carbons (Fsp3) is 0.375. The second-order valence-corrected chi connectivity index (χ2v) is 5.86. The van der Waals surface area contributed by atoms with Gasteiger partial charge in [-0.2, -0.15) is 0 Å². The molecule has 0 unspecified atom stereocenters. The van der Waals surface area contributed by atoms with Gasteiger partial charge in [0.2, 0.25) is 5.43 Å². The van der Waals surface area contributed by atoms with E-state index in [2.05, 4.69) is 13.8 Å². The molecule has 0 bridgehead atoms. The third kappa shape index (κ3) is 2.77. The van der Waals surface area contributed by atoms with E-state index in [0.29, 0.717) is 23.5 Å². The summed E-state index contributed by atoms with van der Waals surface area (Å²) in [6.07, 6.45) is 1.65. The molecule has 1 aromatic heterocycles. The lowest BCUT2D eigenvalue weighted by molar-refractivity contribution is 0.0825. The fourth-order valence-corrected chi connectivity index (χ4v) is 2.40. The van der Waals surface area contributed by atoms with Crippen molar-refractivity contribution in [2.45, 2.75) is 20.4 Å². The number of nitrogen functional groups attached to an aromatic ring is 1. The molecule has 0 saturated heterocycles. The van der Waals surface area contributed by atoms with Crippen molar-refractivity contribution in [2.75, 3.05) is 19.8 Å². The Balaban J connectivity index is 2.83. The SMILES string of the molecule is CC(C)Cn1cc(C(=O)N(C)C)c(=O)c2c(N)cccc21. The number of benzene rings is 1. The summed E-state index contributed by atoms with van der Waals surface area (Å²) < 4.78 is 1.94. The summed E-state index contributed by atoms with van der Waals surface area (Å²) in [6, 6.07) is 5.37. The van der Waals surface area contributed by atoms with Crippen LogP contribution in [0.1, 0.15) is 24.2 Å². The molecule has 2 aromatic rings. The highest BCUT2D eigenvalue weighted by atomic mass is 16.2. The minimum atomic E-state index is -0.304. The van der Waals surface area contributed by atoms with Crippen molar-refractivity contribution in [3.05, 3.63) is 40.2 Å². The van der Waals surface area contributed by atoms with Crippen molar-refractivity contribution in [2.24, 2.45) is 5.92 Å². The van der Waals surface area contributed by atoms with Crippen LogP contribution in [0.15, 0.2) is 29.2 Å². The van der Waals surface area contributed by atoms with E-state index in [4.69, 9.17) is 5.73 Å². The topological polar surface area (TPSA) is 68.3 Å². The van der Waals surface area contributed by atoms with Gasteiger partial charge < -0.3 is 15.2 Å². The first-order valence-electron chi connectivity index (χ1n) is 6.96. The number of pyridine rings is 1. The quantitative estimate of drug-likeness (QED) is 0.877. The Labute approximate surface area is 124 Å². The van der Waals surface area contributed by atoms with E-state index in [1.54, 1.807) is 26.4 Å². The molecule has 5 heteroatoms. The number of anilines is 1. The van der Waals surface area contributed by atoms with Crippen LogP contribution in [-0.2, 0) is 6.54 Å². The third-order valence-electron chi connectivity index (χ3n) is 3.34. The predicted octanol–water partition coefficient (Wildman–Crippen LogP) is 1.94. The zero-order valence-electron chi connectivity index (χ0n) is 12.9. The molecule has 1 heterocycles. The van der Waals surface area contributed by atoms with Gasteiger partial charge in [0.15, 0.2) is 0 Å². The van der Waals surface area contributed by atoms with E-state index in [9.17, 15) is 9.59 Å². The predicted molar refractivity (Wildman–Crippen MR) is 85.5 cm³/mol. The first-order valence-corrected chi connectivity index (χ1v) is 6.96. The summed E-state index contributed by atoms with van der Waals surface area (Å²) in [4.78, 5) is 26.2. The van der Waals surface area contributed by atoms with Crippen LogP contribution in [0, 0.1) is 5.92 Å². The second kappa shape index (κ2) is 5.60. The summed E-state index contributed by atoms with van der Waals surface area (Å²) in [7, 11) is 3.26. The van der Waals surface area contributed by atoms with Crippen molar-refractivity contribution in [3.8, 4) is 0 Å². The van der Waals surface area contributed by atoms with Crippen molar-refractivity contribution in [1.29, 1.82) is 0 Å². The standard InChI is InChI=1S/C16H21N3O2/c1-10(2)8-19-9-11(16(21)18(3)4)15(20)14-12(17)6-5-7-13(14)19/h5-7,9-10H,8,17H2,1-4H3. The van der Waals surface area contributed by atoms with Gasteiger partial charge in [-0.25, -0.2) is 0 Å². The summed E-state index contributed by atoms with van der Waals surface area (Å²) in [5, 5.41) is 0.422. The van der Waals surface area contributed by atoms with E-state index >= 15 is 0 Å². The Hall–Kier alpha value is -2.30. The van der Waals surface area contributed by atoms with Gasteiger partial charge in [0.25, 0.3) is 5.91 Å². The molecule has 0 fully saturated rings. The lowest BCUT2D eigenvalue weighted by Gasteiger charge is -2.17. The number of nitrogens with zero attached hydrogens (tertiary/aromatic N) is 2. The molecule has 21 heavy (non-hydrogen) atoms. The Bertz CT molecular complexity index is 745. The number of carbonyl (C=O) groups excluding carboxylic acids is 1. The van der Waals surface area contributed by atoms with Crippen molar-refractivity contribution >= 4 is 22.5 Å². The van der Waals surface area contributed by atoms with E-state index < -0.39 is 0 Å². The normalized spacial score (nSPS) is 11.1. The summed E-state index contributed by atoms with van der Waals surface area (Å²) in [5.41, 5.74) is 6.99. The second-order valence-electron chi connectivity index (χ2n) is 5.86. The Morgan fingerprint density at radius 1 is 1.33 bits per heavy atom. The number of rotatable bonds is 3. The van der Waals surface area contributed by atoms with Crippen LogP contribution in [-0.4, -0.2) is 29.5 Å². The molecule has 0 aliphatic heterocycles. The molecule has 1 amide bonds. The number of carbonyl (C=O) groups is 1. The zero-order chi connectivity index (χ0) is 15.7. The number of hydrogen-bond acceptors (Lipinski definition) is 3. The van der Waals surface area contributed by atoms with Crippen molar-refractivity contribution < 1.29 is 4.79 Å². The summed E-state index contributed by atoms with van der Waals surface area (Å²) in [6.45, 7) is 4.89. The van der Waals surface area contributed by atoms with Crippen LogP contribution < -0.4 is 11.2 Å². The number of amides is 1. The third-order valence-corrected chi connectivity index (χ3v) is 3.34. The molecule has 0 spiro atoms. The van der Waals surface area contributed by atoms with E-state index in [1.807, 2.05) is 16.7 Å². The molecular weight excluding hydrogens is 266 g/mol. The van der Waals surface area contributed by atoms with Crippen LogP contribution in [0.4, 0.5) is 5.69 Å². The van der Waals surface area contributed by atoms with Crippen LogP contribution in [0.25, 0.3) is 10.9 Å². The van der Waals surface area contributed by atoms with Crippen LogP contribution >= 0.6 is 0 Å². The van der Waals surface area contributed by atoms with Gasteiger partial charge in [0, 0.05) is 32.5 Å². The molecule has 0 radical (unpaired) electrons. The molecular formula is C16H21N3O2. The number of fused-ring (bicyclic) bond motifs is 1. The van der Waals surface area contributed by atoms with E-state index in [1.165, 1.54) is 4.90 Å². The highest BCUT2D eigenvalue weighted by Gasteiger charge is 2.18. The monoisotopic (exact) mass is 287 g/mol. The smallest absolute Gasteiger partial charge is 0.258 e. The fourth-order valence-electron chi connectivity index (χ4n) is 2.40. The highest BCUT2D eigenvalue weighted by Crippen LogP contribution is 2.19. The van der Waals surface area contributed by atoms with Crippen molar-refractivity contribution in [3.63, 3.8) is 0 Å². The van der Waals surface area contributed by atoms with Crippen LogP contribution in [0.5, 0.6) is 0 Å². The first kappa shape index (κ1) is 15.1. The summed E-state index contributed by atoms with van der Waals surface area (Å²) in [5.74, 6) is 0.0853. The molecule has 2 N–H and O–H groups in total. The first-order chi connectivity index (χ1) is 9.82. The minimum Gasteiger partial charge on any atom is -0.398 e. The van der Waals surface area contributed by atoms with Gasteiger partial charge >= 0.3 is 0 Å². The van der Waals surface area contributed by atoms with Gasteiger partial charge in [-0.3, -0.25) is 9.59 Å². The number of hydrogen-bond donors (Lipinski definition) is 1. The largest absolute Gasteiger partial charge is 0.398 e. The van der Waals surface area contributed by atoms with Gasteiger partial charge in [-0.05, 0) is 18.1 Å². The van der Waals surface area contributed by atoms with Gasteiger partial charge in [-0.15, -0.1) is 0 Å². The zero-order valence-corrected chi connectivity index (χ0v) is 12.9. The Kier molecular flexibility index (Phi) is 4.02. The Morgan fingerprint density at radius 3 is 2.57 bits per heavy atom. The maximum atomic E-state index is 12.6. The van der Waals surface area contributed by atoms with Crippen molar-refractivity contribution in [1.82, 2.24) is 9.47 Å². The highest BCUT2D eigenvalue weighted by molar-refractivity contribution is 5.99. The van der Waals surface area contributed by atoms with Crippen LogP contribution in [0.2, 0.25) is 0 Å². The molecule has 2 rings (SSSR count). The molecule has 5 nitrogen and oxygen atoms in total. The van der Waals surface area contributed by atoms with Crippen LogP contribution in [0.3, 0.4) is 0 Å². The van der Waals surface area contributed by atoms with Gasteiger partial charge in [0.05, 0.1) is 10.9 Å². The maximum Gasteiger partial charge on any atom is 0.258 e. The molecule has 0 aliphatic carbocycles. The average Bonchev–Trinajstić information content (AvgIpc) is 2.40. The number of nitrogens with two attached hydrogens (primary N) is 1. The maximum absolute atomic E-state index is 12.6. The lowest BCUT2D eigenvalue weighted by atomic mass is 10.1. The van der Waals surface area contributed by atoms with E-state index in [0.717, 1.165) is 5.52 Å². The molecule has 1 aromatic carbocycles. The molecule has 0 atom stereocenters. The molecule has 112 valence electrons. The number of aromatic nitrogens is 1. The molecule has 0 aliphatic rings. The minimum absolute atomic E-state index is 0.158.